The number of carbonyl (C=O) groups is 1. The Balaban J connectivity index is 2.11. The second-order valence-electron chi connectivity index (χ2n) is 4.65. The van der Waals surface area contributed by atoms with Crippen LogP contribution in [0.2, 0.25) is 0 Å². The Hall–Kier alpha value is -1.35. The largest absolute Gasteiger partial charge is 0.340 e. The summed E-state index contributed by atoms with van der Waals surface area (Å²) in [5, 5.41) is 3.27. The van der Waals surface area contributed by atoms with Crippen molar-refractivity contribution in [2.24, 2.45) is 0 Å². The molecule has 3 heteroatoms. The smallest absolute Gasteiger partial charge is 0.229 e. The summed E-state index contributed by atoms with van der Waals surface area (Å²) in [6.45, 7) is 7.55. The Kier molecular flexibility index (Phi) is 3.79. The van der Waals surface area contributed by atoms with Crippen LogP contribution in [0.25, 0.3) is 0 Å². The van der Waals surface area contributed by atoms with Crippen molar-refractivity contribution in [3.05, 3.63) is 35.4 Å². The first-order valence-corrected chi connectivity index (χ1v) is 6.25. The molecule has 1 N–H and O–H groups in total. The van der Waals surface area contributed by atoms with Crippen LogP contribution < -0.4 is 5.32 Å². The molecule has 1 aliphatic heterocycles. The van der Waals surface area contributed by atoms with Gasteiger partial charge >= 0.3 is 0 Å². The number of amides is 1. The van der Waals surface area contributed by atoms with Gasteiger partial charge in [0.05, 0.1) is 5.92 Å². The highest BCUT2D eigenvalue weighted by Gasteiger charge is 2.23. The second-order valence-corrected chi connectivity index (χ2v) is 4.65. The lowest BCUT2D eigenvalue weighted by Gasteiger charge is -2.30. The highest BCUT2D eigenvalue weighted by molar-refractivity contribution is 5.83. The molecular weight excluding hydrogens is 212 g/mol. The van der Waals surface area contributed by atoms with Gasteiger partial charge in [0.25, 0.3) is 0 Å². The van der Waals surface area contributed by atoms with Crippen LogP contribution in [0, 0.1) is 6.92 Å². The zero-order valence-electron chi connectivity index (χ0n) is 10.6. The summed E-state index contributed by atoms with van der Waals surface area (Å²) in [6.07, 6.45) is 0. The lowest BCUT2D eigenvalue weighted by atomic mass is 9.95. The van der Waals surface area contributed by atoms with Crippen LogP contribution in [-0.4, -0.2) is 37.0 Å². The summed E-state index contributed by atoms with van der Waals surface area (Å²) in [4.78, 5) is 14.3. The fourth-order valence-electron chi connectivity index (χ4n) is 2.36. The highest BCUT2D eigenvalue weighted by Crippen LogP contribution is 2.21. The van der Waals surface area contributed by atoms with Crippen LogP contribution in [0.3, 0.4) is 0 Å². The molecule has 1 atom stereocenters. The molecule has 3 nitrogen and oxygen atoms in total. The van der Waals surface area contributed by atoms with Gasteiger partial charge in [-0.05, 0) is 25.0 Å². The van der Waals surface area contributed by atoms with E-state index in [1.54, 1.807) is 0 Å². The molecule has 0 aliphatic carbocycles. The predicted octanol–water partition coefficient (Wildman–Crippen LogP) is 1.53. The summed E-state index contributed by atoms with van der Waals surface area (Å²) >= 11 is 0. The fourth-order valence-corrected chi connectivity index (χ4v) is 2.36. The van der Waals surface area contributed by atoms with E-state index >= 15 is 0 Å². The number of nitrogens with one attached hydrogen (secondary N) is 1. The van der Waals surface area contributed by atoms with Crippen molar-refractivity contribution in [3.63, 3.8) is 0 Å². The molecule has 1 amide bonds. The van der Waals surface area contributed by atoms with E-state index in [4.69, 9.17) is 0 Å². The zero-order valence-corrected chi connectivity index (χ0v) is 10.6. The van der Waals surface area contributed by atoms with Crippen LogP contribution in [0.5, 0.6) is 0 Å². The minimum absolute atomic E-state index is 0.0331. The Morgan fingerprint density at radius 1 is 1.29 bits per heavy atom. The lowest BCUT2D eigenvalue weighted by Crippen LogP contribution is -2.47. The molecule has 1 unspecified atom stereocenters. The van der Waals surface area contributed by atoms with Gasteiger partial charge in [-0.2, -0.15) is 0 Å². The summed E-state index contributed by atoms with van der Waals surface area (Å²) in [5.74, 6) is 0.218. The molecule has 0 radical (unpaired) electrons. The summed E-state index contributed by atoms with van der Waals surface area (Å²) in [7, 11) is 0. The van der Waals surface area contributed by atoms with Crippen molar-refractivity contribution < 1.29 is 4.79 Å². The Morgan fingerprint density at radius 2 is 1.94 bits per heavy atom. The second kappa shape index (κ2) is 5.32. The third-order valence-electron chi connectivity index (χ3n) is 3.45. The number of carbonyl (C=O) groups excluding carboxylic acids is 1. The molecule has 1 aromatic rings. The van der Waals surface area contributed by atoms with Crippen molar-refractivity contribution in [3.8, 4) is 0 Å². The summed E-state index contributed by atoms with van der Waals surface area (Å²) < 4.78 is 0. The Labute approximate surface area is 103 Å². The maximum atomic E-state index is 12.3. The standard InChI is InChI=1S/C14H20N2O/c1-11-5-3-4-6-13(11)12(2)14(17)16-9-7-15-8-10-16/h3-6,12,15H,7-10H2,1-2H3. The van der Waals surface area contributed by atoms with E-state index in [0.29, 0.717) is 0 Å². The van der Waals surface area contributed by atoms with Crippen molar-refractivity contribution in [1.29, 1.82) is 0 Å². The van der Waals surface area contributed by atoms with Crippen molar-refractivity contribution in [1.82, 2.24) is 10.2 Å². The van der Waals surface area contributed by atoms with E-state index in [9.17, 15) is 4.79 Å². The first kappa shape index (κ1) is 12.1. The van der Waals surface area contributed by atoms with Gasteiger partial charge in [-0.25, -0.2) is 0 Å². The van der Waals surface area contributed by atoms with Crippen LogP contribution >= 0.6 is 0 Å². The summed E-state index contributed by atoms with van der Waals surface area (Å²) in [6, 6.07) is 8.14. The molecule has 1 saturated heterocycles. The number of rotatable bonds is 2. The van der Waals surface area contributed by atoms with Crippen LogP contribution in [-0.2, 0) is 4.79 Å². The molecular formula is C14H20N2O. The third-order valence-corrected chi connectivity index (χ3v) is 3.45. The van der Waals surface area contributed by atoms with E-state index in [0.717, 1.165) is 31.7 Å². The zero-order chi connectivity index (χ0) is 12.3. The lowest BCUT2D eigenvalue weighted by molar-refractivity contribution is -0.133. The minimum Gasteiger partial charge on any atom is -0.340 e. The normalized spacial score (nSPS) is 17.9. The molecule has 17 heavy (non-hydrogen) atoms. The van der Waals surface area contributed by atoms with Gasteiger partial charge in [0.15, 0.2) is 0 Å². The number of hydrogen-bond acceptors (Lipinski definition) is 2. The fraction of sp³-hybridized carbons (Fsp3) is 0.500. The van der Waals surface area contributed by atoms with Gasteiger partial charge in [0.2, 0.25) is 5.91 Å². The van der Waals surface area contributed by atoms with Crippen molar-refractivity contribution in [2.75, 3.05) is 26.2 Å². The Morgan fingerprint density at radius 3 is 2.59 bits per heavy atom. The van der Waals surface area contributed by atoms with E-state index in [2.05, 4.69) is 24.4 Å². The molecule has 1 fully saturated rings. The van der Waals surface area contributed by atoms with E-state index in [1.165, 1.54) is 5.56 Å². The molecule has 0 spiro atoms. The van der Waals surface area contributed by atoms with Gasteiger partial charge in [0, 0.05) is 26.2 Å². The van der Waals surface area contributed by atoms with Crippen molar-refractivity contribution >= 4 is 5.91 Å². The number of aryl methyl sites for hydroxylation is 1. The van der Waals surface area contributed by atoms with Crippen molar-refractivity contribution in [2.45, 2.75) is 19.8 Å². The van der Waals surface area contributed by atoms with Crippen LogP contribution in [0.15, 0.2) is 24.3 Å². The average molecular weight is 232 g/mol. The van der Waals surface area contributed by atoms with Gasteiger partial charge in [0.1, 0.15) is 0 Å². The maximum absolute atomic E-state index is 12.3. The molecule has 92 valence electrons. The SMILES string of the molecule is Cc1ccccc1C(C)C(=O)N1CCNCC1. The molecule has 1 aromatic carbocycles. The van der Waals surface area contributed by atoms with Gasteiger partial charge < -0.3 is 10.2 Å². The summed E-state index contributed by atoms with van der Waals surface area (Å²) in [5.41, 5.74) is 2.35. The van der Waals surface area contributed by atoms with E-state index in [1.807, 2.05) is 24.0 Å². The maximum Gasteiger partial charge on any atom is 0.229 e. The van der Waals surface area contributed by atoms with Gasteiger partial charge in [-0.1, -0.05) is 24.3 Å². The first-order chi connectivity index (χ1) is 8.20. The van der Waals surface area contributed by atoms with E-state index < -0.39 is 0 Å². The highest BCUT2D eigenvalue weighted by atomic mass is 16.2. The number of hydrogen-bond donors (Lipinski definition) is 1. The molecule has 0 saturated carbocycles. The predicted molar refractivity (Wildman–Crippen MR) is 69.0 cm³/mol. The quantitative estimate of drug-likeness (QED) is 0.838. The molecule has 2 rings (SSSR count). The first-order valence-electron chi connectivity index (χ1n) is 6.25. The monoisotopic (exact) mass is 232 g/mol. The van der Waals surface area contributed by atoms with E-state index in [-0.39, 0.29) is 11.8 Å². The van der Waals surface area contributed by atoms with Gasteiger partial charge in [-0.3, -0.25) is 4.79 Å². The molecule has 1 aliphatic rings. The van der Waals surface area contributed by atoms with Gasteiger partial charge in [-0.15, -0.1) is 0 Å². The molecule has 0 aromatic heterocycles. The van der Waals surface area contributed by atoms with Crippen LogP contribution in [0.1, 0.15) is 24.0 Å². The van der Waals surface area contributed by atoms with Crippen LogP contribution in [0.4, 0.5) is 0 Å². The minimum atomic E-state index is -0.0331. The molecule has 0 bridgehead atoms. The molecule has 1 heterocycles. The average Bonchev–Trinajstić information content (AvgIpc) is 2.39. The third kappa shape index (κ3) is 2.67. The number of benzene rings is 1. The number of nitrogens with zero attached hydrogens (tertiary/aromatic N) is 1. The Bertz CT molecular complexity index is 397. The topological polar surface area (TPSA) is 32.3 Å². The number of piperazine rings is 1.